The number of anilines is 1. The molecule has 1 fully saturated rings. The summed E-state index contributed by atoms with van der Waals surface area (Å²) in [7, 11) is 0. The molecule has 0 atom stereocenters. The number of fused-ring (bicyclic) bond motifs is 1. The molecule has 2 aromatic rings. The van der Waals surface area contributed by atoms with E-state index in [4.69, 9.17) is 9.47 Å². The molecule has 0 saturated carbocycles. The molecule has 8 heteroatoms. The van der Waals surface area contributed by atoms with E-state index >= 15 is 0 Å². The lowest BCUT2D eigenvalue weighted by Crippen LogP contribution is -2.49. The second kappa shape index (κ2) is 8.81. The number of amides is 2. The minimum absolute atomic E-state index is 0.0175. The van der Waals surface area contributed by atoms with E-state index in [0.29, 0.717) is 31.1 Å². The van der Waals surface area contributed by atoms with Crippen molar-refractivity contribution in [3.63, 3.8) is 0 Å². The van der Waals surface area contributed by atoms with Crippen molar-refractivity contribution in [1.29, 1.82) is 0 Å². The smallest absolute Gasteiger partial charge is 0.231 e. The number of pyridine rings is 1. The molecule has 2 amide bonds. The van der Waals surface area contributed by atoms with E-state index in [1.165, 1.54) is 0 Å². The molecule has 1 aromatic carbocycles. The van der Waals surface area contributed by atoms with E-state index in [1.807, 2.05) is 41.3 Å². The number of aromatic nitrogens is 1. The maximum atomic E-state index is 12.4. The Labute approximate surface area is 169 Å². The molecule has 0 spiro atoms. The van der Waals surface area contributed by atoms with Crippen molar-refractivity contribution in [2.24, 2.45) is 0 Å². The summed E-state index contributed by atoms with van der Waals surface area (Å²) in [5, 5.41) is 2.85. The largest absolute Gasteiger partial charge is 0.454 e. The van der Waals surface area contributed by atoms with Gasteiger partial charge in [-0.1, -0.05) is 12.1 Å². The van der Waals surface area contributed by atoms with Gasteiger partial charge >= 0.3 is 0 Å². The average molecular weight is 396 g/mol. The van der Waals surface area contributed by atoms with Gasteiger partial charge in [-0.2, -0.15) is 0 Å². The number of nitrogens with zero attached hydrogens (tertiary/aromatic N) is 3. The number of benzene rings is 1. The third-order valence-corrected chi connectivity index (χ3v) is 5.10. The average Bonchev–Trinajstić information content (AvgIpc) is 3.24. The van der Waals surface area contributed by atoms with Crippen LogP contribution >= 0.6 is 0 Å². The highest BCUT2D eigenvalue weighted by atomic mass is 16.7. The molecule has 0 aliphatic carbocycles. The van der Waals surface area contributed by atoms with Gasteiger partial charge in [-0.3, -0.25) is 9.59 Å². The molecular formula is C21H24N4O4. The molecular weight excluding hydrogens is 372 g/mol. The maximum Gasteiger partial charge on any atom is 0.231 e. The number of ether oxygens (including phenoxy) is 2. The summed E-state index contributed by atoms with van der Waals surface area (Å²) in [6.45, 7) is 3.41. The van der Waals surface area contributed by atoms with Gasteiger partial charge in [-0.15, -0.1) is 0 Å². The third kappa shape index (κ3) is 4.77. The third-order valence-electron chi connectivity index (χ3n) is 5.10. The standard InChI is InChI=1S/C21H24N4O4/c26-20(23-14-16-4-5-17-18(13-16)29-15-28-17)6-7-21(27)25-11-9-24(10-12-25)19-3-1-2-8-22-19/h1-5,8,13H,6-7,9-12,14-15H2,(H,23,26). The van der Waals surface area contributed by atoms with E-state index in [-0.39, 0.29) is 31.4 Å². The Bertz CT molecular complexity index is 866. The van der Waals surface area contributed by atoms with Crippen molar-refractivity contribution in [1.82, 2.24) is 15.2 Å². The summed E-state index contributed by atoms with van der Waals surface area (Å²) in [5.74, 6) is 2.22. The summed E-state index contributed by atoms with van der Waals surface area (Å²) in [6, 6.07) is 11.4. The lowest BCUT2D eigenvalue weighted by molar-refractivity contribution is -0.133. The van der Waals surface area contributed by atoms with Crippen molar-refractivity contribution in [3.8, 4) is 11.5 Å². The van der Waals surface area contributed by atoms with Crippen molar-refractivity contribution < 1.29 is 19.1 Å². The van der Waals surface area contributed by atoms with Crippen molar-refractivity contribution in [3.05, 3.63) is 48.2 Å². The Kier molecular flexibility index (Phi) is 5.79. The van der Waals surface area contributed by atoms with E-state index in [0.717, 1.165) is 24.5 Å². The van der Waals surface area contributed by atoms with Crippen LogP contribution in [0.4, 0.5) is 5.82 Å². The van der Waals surface area contributed by atoms with Crippen LogP contribution in [0.15, 0.2) is 42.6 Å². The fourth-order valence-electron chi connectivity index (χ4n) is 3.44. The van der Waals surface area contributed by atoms with Crippen LogP contribution in [0.3, 0.4) is 0 Å². The minimum Gasteiger partial charge on any atom is -0.454 e. The van der Waals surface area contributed by atoms with Crippen LogP contribution in [0, 0.1) is 0 Å². The van der Waals surface area contributed by atoms with Crippen LogP contribution in [-0.2, 0) is 16.1 Å². The summed E-state index contributed by atoms with van der Waals surface area (Å²) in [4.78, 5) is 32.9. The first-order chi connectivity index (χ1) is 14.2. The lowest BCUT2D eigenvalue weighted by atomic mass is 10.2. The first kappa shape index (κ1) is 19.0. The molecule has 1 aromatic heterocycles. The number of carbonyl (C=O) groups excluding carboxylic acids is 2. The van der Waals surface area contributed by atoms with Gasteiger partial charge in [0.25, 0.3) is 0 Å². The molecule has 0 radical (unpaired) electrons. The van der Waals surface area contributed by atoms with Gasteiger partial charge < -0.3 is 24.6 Å². The topological polar surface area (TPSA) is 84.0 Å². The molecule has 4 rings (SSSR count). The predicted octanol–water partition coefficient (Wildman–Crippen LogP) is 1.56. The molecule has 1 N–H and O–H groups in total. The molecule has 29 heavy (non-hydrogen) atoms. The summed E-state index contributed by atoms with van der Waals surface area (Å²) >= 11 is 0. The number of piperazine rings is 1. The van der Waals surface area contributed by atoms with Crippen molar-refractivity contribution in [2.45, 2.75) is 19.4 Å². The monoisotopic (exact) mass is 396 g/mol. The molecule has 152 valence electrons. The number of hydrogen-bond acceptors (Lipinski definition) is 6. The van der Waals surface area contributed by atoms with Gasteiger partial charge in [0.05, 0.1) is 0 Å². The second-order valence-corrected chi connectivity index (χ2v) is 7.02. The second-order valence-electron chi connectivity index (χ2n) is 7.02. The summed E-state index contributed by atoms with van der Waals surface area (Å²) in [5.41, 5.74) is 0.930. The van der Waals surface area contributed by atoms with Gasteiger partial charge in [0.2, 0.25) is 18.6 Å². The number of nitrogens with one attached hydrogen (secondary N) is 1. The van der Waals surface area contributed by atoms with Gasteiger partial charge in [-0.05, 0) is 29.8 Å². The summed E-state index contributed by atoms with van der Waals surface area (Å²) < 4.78 is 10.6. The molecule has 2 aliphatic rings. The first-order valence-corrected chi connectivity index (χ1v) is 9.78. The molecule has 0 unspecified atom stereocenters. The lowest BCUT2D eigenvalue weighted by Gasteiger charge is -2.35. The van der Waals surface area contributed by atoms with Crippen molar-refractivity contribution >= 4 is 17.6 Å². The van der Waals surface area contributed by atoms with Gasteiger partial charge in [0, 0.05) is 51.8 Å². The zero-order valence-corrected chi connectivity index (χ0v) is 16.2. The van der Waals surface area contributed by atoms with Gasteiger partial charge in [0.15, 0.2) is 11.5 Å². The van der Waals surface area contributed by atoms with Gasteiger partial charge in [-0.25, -0.2) is 4.98 Å². The van der Waals surface area contributed by atoms with Crippen molar-refractivity contribution in [2.75, 3.05) is 37.9 Å². The van der Waals surface area contributed by atoms with Crippen LogP contribution in [0.1, 0.15) is 18.4 Å². The zero-order chi connectivity index (χ0) is 20.1. The number of rotatable bonds is 6. The normalized spacial score (nSPS) is 15.3. The van der Waals surface area contributed by atoms with Gasteiger partial charge in [0.1, 0.15) is 5.82 Å². The van der Waals surface area contributed by atoms with Crippen LogP contribution in [0.5, 0.6) is 11.5 Å². The van der Waals surface area contributed by atoms with E-state index in [9.17, 15) is 9.59 Å². The fourth-order valence-corrected chi connectivity index (χ4v) is 3.44. The van der Waals surface area contributed by atoms with E-state index in [2.05, 4.69) is 15.2 Å². The SMILES string of the molecule is O=C(CCC(=O)N1CCN(c2ccccn2)CC1)NCc1ccc2c(c1)OCO2. The molecule has 3 heterocycles. The highest BCUT2D eigenvalue weighted by molar-refractivity contribution is 5.83. The Morgan fingerprint density at radius 3 is 2.62 bits per heavy atom. The molecule has 1 saturated heterocycles. The number of hydrogen-bond donors (Lipinski definition) is 1. The highest BCUT2D eigenvalue weighted by Crippen LogP contribution is 2.32. The van der Waals surface area contributed by atoms with Crippen LogP contribution in [0.2, 0.25) is 0 Å². The Balaban J connectivity index is 1.17. The van der Waals surface area contributed by atoms with Crippen LogP contribution < -0.4 is 19.7 Å². The Morgan fingerprint density at radius 1 is 1.00 bits per heavy atom. The summed E-state index contributed by atoms with van der Waals surface area (Å²) in [6.07, 6.45) is 2.18. The maximum absolute atomic E-state index is 12.4. The highest BCUT2D eigenvalue weighted by Gasteiger charge is 2.22. The Morgan fingerprint density at radius 2 is 1.83 bits per heavy atom. The van der Waals surface area contributed by atoms with Crippen LogP contribution in [0.25, 0.3) is 0 Å². The first-order valence-electron chi connectivity index (χ1n) is 9.78. The minimum atomic E-state index is -0.136. The molecule has 0 bridgehead atoms. The number of carbonyl (C=O) groups is 2. The Hall–Kier alpha value is -3.29. The van der Waals surface area contributed by atoms with Crippen LogP contribution in [-0.4, -0.2) is 54.7 Å². The predicted molar refractivity (Wildman–Crippen MR) is 107 cm³/mol. The molecule has 2 aliphatic heterocycles. The quantitative estimate of drug-likeness (QED) is 0.798. The zero-order valence-electron chi connectivity index (χ0n) is 16.2. The van der Waals surface area contributed by atoms with E-state index in [1.54, 1.807) is 6.20 Å². The fraction of sp³-hybridized carbons (Fsp3) is 0.381. The van der Waals surface area contributed by atoms with E-state index < -0.39 is 0 Å². The molecule has 8 nitrogen and oxygen atoms in total.